The number of aromatic amines is 1. The largest absolute Gasteiger partial charge is 0.361 e. The number of halogens is 2. The number of rotatable bonds is 5. The molecular formula is C27H18F2N4O2S. The van der Waals surface area contributed by atoms with Crippen LogP contribution in [0.5, 0.6) is 0 Å². The average molecular weight is 501 g/mol. The molecule has 5 aromatic rings. The second-order valence-electron chi connectivity index (χ2n) is 8.48. The van der Waals surface area contributed by atoms with Crippen molar-refractivity contribution in [2.24, 2.45) is 0 Å². The quantitative estimate of drug-likeness (QED) is 0.315. The molecule has 0 spiro atoms. The maximum absolute atomic E-state index is 14.9. The number of amides is 2. The normalized spacial score (nSPS) is 13.7. The van der Waals surface area contributed by atoms with Crippen LogP contribution >= 0.6 is 11.3 Å². The van der Waals surface area contributed by atoms with Crippen molar-refractivity contribution in [3.63, 3.8) is 0 Å². The van der Waals surface area contributed by atoms with Gasteiger partial charge in [-0.1, -0.05) is 18.2 Å². The van der Waals surface area contributed by atoms with Crippen LogP contribution < -0.4 is 5.32 Å². The minimum atomic E-state index is -1.39. The van der Waals surface area contributed by atoms with Gasteiger partial charge in [0.15, 0.2) is 5.13 Å². The lowest BCUT2D eigenvalue weighted by Gasteiger charge is -2.27. The van der Waals surface area contributed by atoms with Crippen LogP contribution in [-0.4, -0.2) is 26.7 Å². The molecule has 2 amide bonds. The zero-order valence-corrected chi connectivity index (χ0v) is 19.5. The van der Waals surface area contributed by atoms with Gasteiger partial charge in [0.2, 0.25) is 0 Å². The molecule has 0 fully saturated rings. The van der Waals surface area contributed by atoms with Crippen molar-refractivity contribution in [1.82, 2.24) is 14.9 Å². The first-order valence-corrected chi connectivity index (χ1v) is 12.0. The van der Waals surface area contributed by atoms with Crippen molar-refractivity contribution in [3.05, 3.63) is 107 Å². The van der Waals surface area contributed by atoms with E-state index < -0.39 is 29.5 Å². The molecule has 1 aliphatic heterocycles. The third-order valence-corrected chi connectivity index (χ3v) is 6.99. The zero-order valence-electron chi connectivity index (χ0n) is 18.7. The number of hydrogen-bond acceptors (Lipinski definition) is 4. The van der Waals surface area contributed by atoms with Crippen LogP contribution in [0.25, 0.3) is 22.0 Å². The summed E-state index contributed by atoms with van der Waals surface area (Å²) < 4.78 is 29.0. The Morgan fingerprint density at radius 1 is 1.06 bits per heavy atom. The maximum Gasteiger partial charge on any atom is 0.255 e. The van der Waals surface area contributed by atoms with Gasteiger partial charge >= 0.3 is 0 Å². The minimum Gasteiger partial charge on any atom is -0.361 e. The Hall–Kier alpha value is -4.37. The van der Waals surface area contributed by atoms with Gasteiger partial charge in [-0.2, -0.15) is 0 Å². The smallest absolute Gasteiger partial charge is 0.255 e. The van der Waals surface area contributed by atoms with Gasteiger partial charge in [0.05, 0.1) is 0 Å². The summed E-state index contributed by atoms with van der Waals surface area (Å²) in [4.78, 5) is 35.4. The Morgan fingerprint density at radius 3 is 2.72 bits per heavy atom. The van der Waals surface area contributed by atoms with Crippen LogP contribution in [0.3, 0.4) is 0 Å². The predicted octanol–water partition coefficient (Wildman–Crippen LogP) is 5.91. The predicted molar refractivity (Wildman–Crippen MR) is 133 cm³/mol. The van der Waals surface area contributed by atoms with Crippen LogP contribution in [0.15, 0.2) is 78.4 Å². The molecule has 3 aromatic carbocycles. The summed E-state index contributed by atoms with van der Waals surface area (Å²) in [5.74, 6) is -2.59. The van der Waals surface area contributed by atoms with Gasteiger partial charge in [-0.05, 0) is 64.5 Å². The average Bonchev–Trinajstić information content (AvgIpc) is 3.62. The first-order valence-electron chi connectivity index (χ1n) is 11.1. The number of anilines is 1. The van der Waals surface area contributed by atoms with Gasteiger partial charge in [-0.25, -0.2) is 13.8 Å². The number of carbonyl (C=O) groups excluding carboxylic acids is 2. The van der Waals surface area contributed by atoms with E-state index in [4.69, 9.17) is 0 Å². The lowest BCUT2D eigenvalue weighted by Crippen LogP contribution is -2.38. The summed E-state index contributed by atoms with van der Waals surface area (Å²) in [6.07, 6.45) is 3.38. The number of aromatic nitrogens is 2. The van der Waals surface area contributed by atoms with E-state index in [0.29, 0.717) is 16.3 Å². The highest BCUT2D eigenvalue weighted by molar-refractivity contribution is 7.13. The van der Waals surface area contributed by atoms with Crippen LogP contribution in [0, 0.1) is 11.6 Å². The topological polar surface area (TPSA) is 78.1 Å². The molecule has 2 aromatic heterocycles. The van der Waals surface area contributed by atoms with Gasteiger partial charge in [-0.3, -0.25) is 14.9 Å². The molecule has 0 radical (unpaired) electrons. The van der Waals surface area contributed by atoms with Gasteiger partial charge < -0.3 is 9.88 Å². The first-order chi connectivity index (χ1) is 17.5. The molecular weight excluding hydrogens is 482 g/mol. The Balaban J connectivity index is 1.38. The molecule has 9 heteroatoms. The third kappa shape index (κ3) is 3.83. The van der Waals surface area contributed by atoms with Crippen LogP contribution in [0.1, 0.15) is 27.5 Å². The molecule has 0 bridgehead atoms. The minimum absolute atomic E-state index is 0.0806. The van der Waals surface area contributed by atoms with Gasteiger partial charge in [0.25, 0.3) is 11.8 Å². The molecule has 0 saturated carbocycles. The molecule has 0 saturated heterocycles. The van der Waals surface area contributed by atoms with Crippen LogP contribution in [0.2, 0.25) is 0 Å². The summed E-state index contributed by atoms with van der Waals surface area (Å²) in [7, 11) is 0. The number of carbonyl (C=O) groups is 2. The van der Waals surface area contributed by atoms with E-state index in [1.807, 2.05) is 42.6 Å². The third-order valence-electron chi connectivity index (χ3n) is 6.30. The van der Waals surface area contributed by atoms with Crippen molar-refractivity contribution in [2.45, 2.75) is 12.6 Å². The molecule has 0 aliphatic carbocycles. The lowest BCUT2D eigenvalue weighted by molar-refractivity contribution is -0.120. The SMILES string of the molecule is O=C(Nc1nccs1)C(c1cc(F)ccc1F)N1Cc2ccc(-c3ccc4[nH]ccc4c3)cc2C1=O. The van der Waals surface area contributed by atoms with Gasteiger partial charge in [0.1, 0.15) is 17.7 Å². The molecule has 1 atom stereocenters. The lowest BCUT2D eigenvalue weighted by atomic mass is 9.99. The molecule has 6 nitrogen and oxygen atoms in total. The van der Waals surface area contributed by atoms with E-state index in [-0.39, 0.29) is 12.1 Å². The zero-order chi connectivity index (χ0) is 24.8. The summed E-state index contributed by atoms with van der Waals surface area (Å²) in [6, 6.07) is 15.0. The van der Waals surface area contributed by atoms with Crippen molar-refractivity contribution >= 4 is 39.2 Å². The second-order valence-corrected chi connectivity index (χ2v) is 9.37. The molecule has 3 heterocycles. The number of H-pyrrole nitrogens is 1. The highest BCUT2D eigenvalue weighted by Crippen LogP contribution is 2.36. The summed E-state index contributed by atoms with van der Waals surface area (Å²) in [5, 5.41) is 5.65. The highest BCUT2D eigenvalue weighted by Gasteiger charge is 2.39. The summed E-state index contributed by atoms with van der Waals surface area (Å²) in [6.45, 7) is 0.0806. The molecule has 2 N–H and O–H groups in total. The monoisotopic (exact) mass is 500 g/mol. The Labute approximate surface area is 208 Å². The number of nitrogens with zero attached hydrogens (tertiary/aromatic N) is 2. The van der Waals surface area contributed by atoms with Gasteiger partial charge in [-0.15, -0.1) is 11.3 Å². The molecule has 178 valence electrons. The molecule has 6 rings (SSSR count). The summed E-state index contributed by atoms with van der Waals surface area (Å²) >= 11 is 1.19. The van der Waals surface area contributed by atoms with E-state index in [0.717, 1.165) is 40.2 Å². The van der Waals surface area contributed by atoms with E-state index in [1.165, 1.54) is 22.4 Å². The fourth-order valence-corrected chi connectivity index (χ4v) is 5.11. The number of nitrogens with one attached hydrogen (secondary N) is 2. The number of fused-ring (bicyclic) bond motifs is 2. The number of hydrogen-bond donors (Lipinski definition) is 2. The Bertz CT molecular complexity index is 1630. The van der Waals surface area contributed by atoms with Crippen molar-refractivity contribution < 1.29 is 18.4 Å². The molecule has 1 unspecified atom stereocenters. The molecule has 36 heavy (non-hydrogen) atoms. The van der Waals surface area contributed by atoms with Crippen LogP contribution in [0.4, 0.5) is 13.9 Å². The summed E-state index contributed by atoms with van der Waals surface area (Å²) in [5.41, 5.74) is 3.69. The van der Waals surface area contributed by atoms with Crippen molar-refractivity contribution in [1.29, 1.82) is 0 Å². The van der Waals surface area contributed by atoms with Crippen molar-refractivity contribution in [3.8, 4) is 11.1 Å². The van der Waals surface area contributed by atoms with Crippen molar-refractivity contribution in [2.75, 3.05) is 5.32 Å². The van der Waals surface area contributed by atoms with Gasteiger partial charge in [0, 0.05) is 41.0 Å². The van der Waals surface area contributed by atoms with E-state index in [2.05, 4.69) is 15.3 Å². The second kappa shape index (κ2) is 8.69. The van der Waals surface area contributed by atoms with Crippen LogP contribution in [-0.2, 0) is 11.3 Å². The maximum atomic E-state index is 14.9. The fourth-order valence-electron chi connectivity index (χ4n) is 4.58. The fraction of sp³-hybridized carbons (Fsp3) is 0.0741. The first kappa shape index (κ1) is 22.1. The number of thiazole rings is 1. The van der Waals surface area contributed by atoms with E-state index in [1.54, 1.807) is 11.4 Å². The highest BCUT2D eigenvalue weighted by atomic mass is 32.1. The molecule has 1 aliphatic rings. The van der Waals surface area contributed by atoms with E-state index >= 15 is 0 Å². The Morgan fingerprint density at radius 2 is 1.89 bits per heavy atom. The standard InChI is InChI=1S/C27H18F2N4O2S/c28-19-4-5-22(29)21(13-19)24(25(34)32-27-31-9-10-36-27)33-14-18-2-1-16(12-20(18)26(33)35)15-3-6-23-17(11-15)7-8-30-23/h1-13,24,30H,14H2,(H,31,32,34). The van der Waals surface area contributed by atoms with E-state index in [9.17, 15) is 18.4 Å². The Kier molecular flexibility index (Phi) is 5.34. The number of benzene rings is 3.